The van der Waals surface area contributed by atoms with E-state index in [-0.39, 0.29) is 0 Å². The molecule has 4 rings (SSSR count). The first-order valence-electron chi connectivity index (χ1n) is 10.3. The van der Waals surface area contributed by atoms with E-state index in [9.17, 15) is 9.59 Å². The Labute approximate surface area is 195 Å². The standard InChI is InChI=1S/C25H23N3O4S/c1-14-20(24(29)31-3)22(21(15(2)27-14)25(30)32-4)16-8-7-9-17(12-16)23-28-19(13-33-23)18-10-5-6-11-26-18/h5-13,22,27H,1-4H3. The molecule has 7 nitrogen and oxygen atoms in total. The van der Waals surface area contributed by atoms with Gasteiger partial charge < -0.3 is 14.8 Å². The Morgan fingerprint density at radius 2 is 1.64 bits per heavy atom. The van der Waals surface area contributed by atoms with E-state index in [1.165, 1.54) is 25.6 Å². The van der Waals surface area contributed by atoms with E-state index < -0.39 is 17.9 Å². The largest absolute Gasteiger partial charge is 0.466 e. The highest BCUT2D eigenvalue weighted by Crippen LogP contribution is 2.40. The number of ether oxygens (including phenoxy) is 2. The van der Waals surface area contributed by atoms with Gasteiger partial charge in [0.2, 0.25) is 0 Å². The molecule has 8 heteroatoms. The smallest absolute Gasteiger partial charge is 0.336 e. The summed E-state index contributed by atoms with van der Waals surface area (Å²) in [5, 5.41) is 5.89. The average Bonchev–Trinajstić information content (AvgIpc) is 3.34. The molecule has 33 heavy (non-hydrogen) atoms. The van der Waals surface area contributed by atoms with Crippen molar-refractivity contribution in [2.45, 2.75) is 19.8 Å². The Kier molecular flexibility index (Phi) is 6.37. The number of aromatic nitrogens is 2. The van der Waals surface area contributed by atoms with Crippen LogP contribution in [0.5, 0.6) is 0 Å². The molecule has 1 N–H and O–H groups in total. The van der Waals surface area contributed by atoms with Crippen LogP contribution in [0.15, 0.2) is 76.6 Å². The number of pyridine rings is 1. The molecule has 0 atom stereocenters. The van der Waals surface area contributed by atoms with E-state index in [2.05, 4.69) is 10.3 Å². The number of esters is 2. The van der Waals surface area contributed by atoms with E-state index in [4.69, 9.17) is 14.5 Å². The molecule has 3 aromatic rings. The van der Waals surface area contributed by atoms with Crippen LogP contribution in [-0.4, -0.2) is 36.1 Å². The van der Waals surface area contributed by atoms with Crippen molar-refractivity contribution in [2.24, 2.45) is 0 Å². The third-order valence-electron chi connectivity index (χ3n) is 5.47. The number of hydrogen-bond acceptors (Lipinski definition) is 8. The zero-order valence-corrected chi connectivity index (χ0v) is 19.5. The van der Waals surface area contributed by atoms with E-state index in [1.807, 2.05) is 47.8 Å². The van der Waals surface area contributed by atoms with Crippen LogP contribution in [-0.2, 0) is 19.1 Å². The van der Waals surface area contributed by atoms with Crippen molar-refractivity contribution in [1.29, 1.82) is 0 Å². The maximum absolute atomic E-state index is 12.7. The first kappa shape index (κ1) is 22.4. The van der Waals surface area contributed by atoms with Crippen molar-refractivity contribution in [1.82, 2.24) is 15.3 Å². The van der Waals surface area contributed by atoms with Crippen LogP contribution in [0.3, 0.4) is 0 Å². The molecule has 0 saturated carbocycles. The Hall–Kier alpha value is -3.78. The number of rotatable bonds is 5. The summed E-state index contributed by atoms with van der Waals surface area (Å²) in [7, 11) is 2.65. The predicted molar refractivity (Wildman–Crippen MR) is 126 cm³/mol. The second-order valence-electron chi connectivity index (χ2n) is 7.50. The van der Waals surface area contributed by atoms with Crippen molar-refractivity contribution in [3.05, 3.63) is 82.1 Å². The van der Waals surface area contributed by atoms with Crippen LogP contribution in [0, 0.1) is 0 Å². The highest BCUT2D eigenvalue weighted by molar-refractivity contribution is 7.13. The third-order valence-corrected chi connectivity index (χ3v) is 6.36. The molecule has 0 spiro atoms. The maximum atomic E-state index is 12.7. The van der Waals surface area contributed by atoms with Crippen LogP contribution in [0.2, 0.25) is 0 Å². The highest BCUT2D eigenvalue weighted by Gasteiger charge is 2.37. The molecule has 0 radical (unpaired) electrons. The molecular formula is C25H23N3O4S. The van der Waals surface area contributed by atoms with Crippen LogP contribution in [0.25, 0.3) is 22.0 Å². The summed E-state index contributed by atoms with van der Waals surface area (Å²) in [6.07, 6.45) is 1.73. The molecule has 1 aliphatic rings. The van der Waals surface area contributed by atoms with E-state index >= 15 is 0 Å². The highest BCUT2D eigenvalue weighted by atomic mass is 32.1. The molecule has 0 aliphatic carbocycles. The number of nitrogens with zero attached hydrogens (tertiary/aromatic N) is 2. The van der Waals surface area contributed by atoms with Crippen molar-refractivity contribution in [3.8, 4) is 22.0 Å². The van der Waals surface area contributed by atoms with Crippen molar-refractivity contribution >= 4 is 23.3 Å². The lowest BCUT2D eigenvalue weighted by Crippen LogP contribution is -2.32. The van der Waals surface area contributed by atoms with E-state index in [1.54, 1.807) is 20.0 Å². The van der Waals surface area contributed by atoms with Gasteiger partial charge in [-0.25, -0.2) is 14.6 Å². The molecule has 168 valence electrons. The van der Waals surface area contributed by atoms with Crippen LogP contribution < -0.4 is 5.32 Å². The number of allylic oxidation sites excluding steroid dienone is 2. The Bertz CT molecular complexity index is 1240. The van der Waals surface area contributed by atoms with Gasteiger partial charge in [0.1, 0.15) is 10.7 Å². The lowest BCUT2D eigenvalue weighted by atomic mass is 9.80. The quantitative estimate of drug-likeness (QED) is 0.561. The number of carbonyl (C=O) groups is 2. The molecule has 0 fully saturated rings. The minimum atomic E-state index is -0.638. The lowest BCUT2D eigenvalue weighted by molar-refractivity contribution is -0.137. The number of methoxy groups -OCH3 is 2. The molecular weight excluding hydrogens is 438 g/mol. The molecule has 3 heterocycles. The zero-order valence-electron chi connectivity index (χ0n) is 18.7. The number of thiazole rings is 1. The van der Waals surface area contributed by atoms with E-state index in [0.717, 1.165) is 27.5 Å². The predicted octanol–water partition coefficient (Wildman–Crippen LogP) is 4.45. The van der Waals surface area contributed by atoms with Crippen molar-refractivity contribution in [2.75, 3.05) is 14.2 Å². The van der Waals surface area contributed by atoms with Gasteiger partial charge >= 0.3 is 11.9 Å². The Morgan fingerprint density at radius 3 is 2.24 bits per heavy atom. The minimum absolute atomic E-state index is 0.369. The SMILES string of the molecule is COC(=O)C1=C(C)NC(C)=C(C(=O)OC)C1c1cccc(-c2nc(-c3ccccn3)cs2)c1. The first-order chi connectivity index (χ1) is 15.9. The van der Waals surface area contributed by atoms with Crippen LogP contribution in [0.1, 0.15) is 25.3 Å². The molecule has 0 saturated heterocycles. The molecule has 0 amide bonds. The van der Waals surface area contributed by atoms with Crippen molar-refractivity contribution < 1.29 is 19.1 Å². The normalized spacial score (nSPS) is 14.2. The number of carbonyl (C=O) groups excluding carboxylic acids is 2. The number of dihydropyridines is 1. The van der Waals surface area contributed by atoms with Gasteiger partial charge in [-0.2, -0.15) is 0 Å². The first-order valence-corrected chi connectivity index (χ1v) is 11.1. The van der Waals surface area contributed by atoms with Gasteiger partial charge in [-0.1, -0.05) is 24.3 Å². The fourth-order valence-electron chi connectivity index (χ4n) is 3.98. The van der Waals surface area contributed by atoms with Gasteiger partial charge in [0.05, 0.1) is 37.0 Å². The summed E-state index contributed by atoms with van der Waals surface area (Å²) in [5.41, 5.74) is 5.24. The minimum Gasteiger partial charge on any atom is -0.466 e. The number of nitrogens with one attached hydrogen (secondary N) is 1. The van der Waals surface area contributed by atoms with Crippen LogP contribution >= 0.6 is 11.3 Å². The van der Waals surface area contributed by atoms with Gasteiger partial charge in [-0.05, 0) is 37.6 Å². The van der Waals surface area contributed by atoms with Crippen molar-refractivity contribution in [3.63, 3.8) is 0 Å². The third kappa shape index (κ3) is 4.29. The Morgan fingerprint density at radius 1 is 0.939 bits per heavy atom. The second-order valence-corrected chi connectivity index (χ2v) is 8.35. The van der Waals surface area contributed by atoms with Crippen LogP contribution in [0.4, 0.5) is 0 Å². The Balaban J connectivity index is 1.81. The van der Waals surface area contributed by atoms with E-state index in [0.29, 0.717) is 22.5 Å². The van der Waals surface area contributed by atoms with Gasteiger partial charge in [0, 0.05) is 28.5 Å². The summed E-state index contributed by atoms with van der Waals surface area (Å²) in [5.74, 6) is -1.65. The monoisotopic (exact) mass is 461 g/mol. The summed E-state index contributed by atoms with van der Waals surface area (Å²) >= 11 is 1.51. The molecule has 1 aromatic carbocycles. The number of benzene rings is 1. The topological polar surface area (TPSA) is 90.4 Å². The molecule has 0 bridgehead atoms. The maximum Gasteiger partial charge on any atom is 0.336 e. The van der Waals surface area contributed by atoms with Gasteiger partial charge in [-0.15, -0.1) is 11.3 Å². The van der Waals surface area contributed by atoms with Gasteiger partial charge in [0.15, 0.2) is 0 Å². The summed E-state index contributed by atoms with van der Waals surface area (Å²) in [6.45, 7) is 3.58. The fraction of sp³-hybridized carbons (Fsp3) is 0.200. The molecule has 0 unspecified atom stereocenters. The lowest BCUT2D eigenvalue weighted by Gasteiger charge is -2.30. The van der Waals surface area contributed by atoms with Gasteiger partial charge in [0.25, 0.3) is 0 Å². The summed E-state index contributed by atoms with van der Waals surface area (Å²) in [6, 6.07) is 13.4. The molecule has 1 aliphatic heterocycles. The average molecular weight is 462 g/mol. The fourth-order valence-corrected chi connectivity index (χ4v) is 4.79. The zero-order chi connectivity index (χ0) is 23.5. The number of hydrogen-bond donors (Lipinski definition) is 1. The molecule has 2 aromatic heterocycles. The summed E-state index contributed by atoms with van der Waals surface area (Å²) in [4.78, 5) is 34.6. The van der Waals surface area contributed by atoms with Gasteiger partial charge in [-0.3, -0.25) is 4.98 Å². The second kappa shape index (κ2) is 9.38. The summed E-state index contributed by atoms with van der Waals surface area (Å²) < 4.78 is 10.1.